The Morgan fingerprint density at radius 3 is 2.71 bits per heavy atom. The minimum atomic E-state index is -3.56. The van der Waals surface area contributed by atoms with Crippen LogP contribution < -0.4 is 5.43 Å². The zero-order valence-corrected chi connectivity index (χ0v) is 16.5. The van der Waals surface area contributed by atoms with E-state index in [1.165, 1.54) is 22.7 Å². The number of carbonyl (C=O) groups excluding carboxylic acids is 1. The molecule has 1 saturated heterocycles. The van der Waals surface area contributed by atoms with Gasteiger partial charge in [-0.15, -0.1) is 0 Å². The maximum atomic E-state index is 12.6. The van der Waals surface area contributed by atoms with Crippen molar-refractivity contribution in [2.24, 2.45) is 11.0 Å². The Kier molecular flexibility index (Phi) is 5.07. The number of hydrazone groups is 1. The van der Waals surface area contributed by atoms with Crippen LogP contribution in [0.15, 0.2) is 50.8 Å². The molecule has 2 aromatic rings. The number of nitrogens with zero attached hydrogens (tertiary/aromatic N) is 2. The van der Waals surface area contributed by atoms with Crippen molar-refractivity contribution in [3.63, 3.8) is 0 Å². The van der Waals surface area contributed by atoms with Crippen molar-refractivity contribution in [3.05, 3.63) is 53.5 Å². The summed E-state index contributed by atoms with van der Waals surface area (Å²) in [5, 5.41) is 3.92. The fourth-order valence-electron chi connectivity index (χ4n) is 3.45. The molecule has 2 fully saturated rings. The Balaban J connectivity index is 1.41. The van der Waals surface area contributed by atoms with Crippen molar-refractivity contribution >= 4 is 22.1 Å². The minimum Gasteiger partial charge on any atom is -0.460 e. The zero-order valence-electron chi connectivity index (χ0n) is 15.7. The summed E-state index contributed by atoms with van der Waals surface area (Å²) in [5.74, 6) is 2.17. The monoisotopic (exact) mass is 401 g/mol. The van der Waals surface area contributed by atoms with Gasteiger partial charge in [-0.3, -0.25) is 4.79 Å². The maximum Gasteiger partial charge on any atom is 0.271 e. The summed E-state index contributed by atoms with van der Waals surface area (Å²) >= 11 is 0. The van der Waals surface area contributed by atoms with E-state index in [-0.39, 0.29) is 10.5 Å². The highest BCUT2D eigenvalue weighted by molar-refractivity contribution is 7.89. The van der Waals surface area contributed by atoms with Gasteiger partial charge in [0.15, 0.2) is 0 Å². The molecule has 0 spiro atoms. The second-order valence-corrected chi connectivity index (χ2v) is 9.34. The van der Waals surface area contributed by atoms with Crippen LogP contribution in [0.1, 0.15) is 54.0 Å². The van der Waals surface area contributed by atoms with Crippen LogP contribution in [-0.4, -0.2) is 37.9 Å². The molecule has 1 saturated carbocycles. The van der Waals surface area contributed by atoms with Gasteiger partial charge in [0.1, 0.15) is 11.5 Å². The lowest BCUT2D eigenvalue weighted by Gasteiger charge is -2.15. The number of hydrogen-bond acceptors (Lipinski definition) is 5. The van der Waals surface area contributed by atoms with Crippen LogP contribution in [0.3, 0.4) is 0 Å². The van der Waals surface area contributed by atoms with Crippen LogP contribution in [0, 0.1) is 5.92 Å². The summed E-state index contributed by atoms with van der Waals surface area (Å²) in [4.78, 5) is 12.5. The van der Waals surface area contributed by atoms with Crippen molar-refractivity contribution in [2.75, 3.05) is 13.1 Å². The first-order chi connectivity index (χ1) is 13.4. The molecule has 2 aliphatic rings. The van der Waals surface area contributed by atoms with E-state index in [2.05, 4.69) is 17.5 Å². The van der Waals surface area contributed by atoms with Crippen LogP contribution in [0.4, 0.5) is 0 Å². The molecular formula is C20H23N3O4S. The summed E-state index contributed by atoms with van der Waals surface area (Å²) in [7, 11) is -3.56. The second-order valence-electron chi connectivity index (χ2n) is 7.40. The van der Waals surface area contributed by atoms with Crippen molar-refractivity contribution < 1.29 is 17.6 Å². The smallest absolute Gasteiger partial charge is 0.271 e. The third kappa shape index (κ3) is 3.88. The normalized spacial score (nSPS) is 22.6. The van der Waals surface area contributed by atoms with Crippen LogP contribution in [0.5, 0.6) is 0 Å². The van der Waals surface area contributed by atoms with E-state index >= 15 is 0 Å². The Morgan fingerprint density at radius 1 is 1.25 bits per heavy atom. The van der Waals surface area contributed by atoms with E-state index in [9.17, 15) is 13.2 Å². The summed E-state index contributed by atoms with van der Waals surface area (Å²) in [5.41, 5.74) is 2.66. The quantitative estimate of drug-likeness (QED) is 0.595. The highest BCUT2D eigenvalue weighted by Crippen LogP contribution is 2.47. The molecule has 148 valence electrons. The molecule has 4 rings (SSSR count). The number of rotatable bonds is 6. The van der Waals surface area contributed by atoms with E-state index < -0.39 is 15.9 Å². The molecule has 0 bridgehead atoms. The molecule has 7 nitrogen and oxygen atoms in total. The van der Waals surface area contributed by atoms with Gasteiger partial charge in [0, 0.05) is 24.6 Å². The van der Waals surface area contributed by atoms with Crippen LogP contribution in [0.25, 0.3) is 0 Å². The first kappa shape index (κ1) is 18.9. The first-order valence-electron chi connectivity index (χ1n) is 9.48. The highest BCUT2D eigenvalue weighted by Gasteiger charge is 2.36. The fourth-order valence-corrected chi connectivity index (χ4v) is 5.01. The zero-order chi connectivity index (χ0) is 19.7. The van der Waals surface area contributed by atoms with E-state index in [0.29, 0.717) is 30.7 Å². The molecule has 0 unspecified atom stereocenters. The van der Waals surface area contributed by atoms with Gasteiger partial charge in [-0.2, -0.15) is 9.41 Å². The molecule has 1 aromatic heterocycles. The number of furan rings is 1. The third-order valence-electron chi connectivity index (χ3n) is 5.28. The fraction of sp³-hybridized carbons (Fsp3) is 0.400. The number of benzene rings is 1. The molecule has 1 aromatic carbocycles. The van der Waals surface area contributed by atoms with Crippen LogP contribution >= 0.6 is 0 Å². The minimum absolute atomic E-state index is 0.125. The Bertz CT molecular complexity index is 1010. The lowest BCUT2D eigenvalue weighted by Crippen LogP contribution is -2.28. The molecular weight excluding hydrogens is 378 g/mol. The number of hydrogen-bond donors (Lipinski definition) is 1. The van der Waals surface area contributed by atoms with E-state index in [1.54, 1.807) is 12.1 Å². The predicted molar refractivity (Wildman–Crippen MR) is 105 cm³/mol. The number of nitrogens with one attached hydrogen (secondary N) is 1. The van der Waals surface area contributed by atoms with Gasteiger partial charge in [-0.25, -0.2) is 13.8 Å². The SMILES string of the molecule is C[C@H]1C[C@H]1c1ccc(/C=N\NC(=O)c2cccc(S(=O)(=O)N3CCCC3)c2)o1. The van der Waals surface area contributed by atoms with Gasteiger partial charge in [0.05, 0.1) is 11.1 Å². The van der Waals surface area contributed by atoms with Gasteiger partial charge >= 0.3 is 0 Å². The number of amides is 1. The van der Waals surface area contributed by atoms with Crippen molar-refractivity contribution in [1.82, 2.24) is 9.73 Å². The van der Waals surface area contributed by atoms with Gasteiger partial charge in [0.25, 0.3) is 5.91 Å². The van der Waals surface area contributed by atoms with Gasteiger partial charge in [-0.1, -0.05) is 13.0 Å². The lowest BCUT2D eigenvalue weighted by molar-refractivity contribution is 0.0955. The molecule has 2 atom stereocenters. The summed E-state index contributed by atoms with van der Waals surface area (Å²) in [6.45, 7) is 3.22. The molecule has 8 heteroatoms. The van der Waals surface area contributed by atoms with E-state index in [4.69, 9.17) is 4.42 Å². The average Bonchev–Trinajstić information content (AvgIpc) is 3.12. The number of carbonyl (C=O) groups is 1. The molecule has 2 heterocycles. The Labute approximate surface area is 164 Å². The molecule has 1 aliphatic heterocycles. The molecule has 1 N–H and O–H groups in total. The maximum absolute atomic E-state index is 12.6. The lowest BCUT2D eigenvalue weighted by atomic mass is 10.2. The van der Waals surface area contributed by atoms with Gasteiger partial charge in [-0.05, 0) is 55.5 Å². The van der Waals surface area contributed by atoms with Crippen molar-refractivity contribution in [1.29, 1.82) is 0 Å². The third-order valence-corrected chi connectivity index (χ3v) is 7.17. The van der Waals surface area contributed by atoms with Gasteiger partial charge < -0.3 is 4.42 Å². The second kappa shape index (κ2) is 7.52. The molecule has 28 heavy (non-hydrogen) atoms. The highest BCUT2D eigenvalue weighted by atomic mass is 32.2. The summed E-state index contributed by atoms with van der Waals surface area (Å²) < 4.78 is 32.4. The van der Waals surface area contributed by atoms with Crippen LogP contribution in [0.2, 0.25) is 0 Å². The average molecular weight is 401 g/mol. The molecule has 0 radical (unpaired) electrons. The van der Waals surface area contributed by atoms with E-state index in [1.807, 2.05) is 12.1 Å². The molecule has 1 aliphatic carbocycles. The largest absolute Gasteiger partial charge is 0.460 e. The first-order valence-corrected chi connectivity index (χ1v) is 10.9. The Hall–Kier alpha value is -2.45. The standard InChI is InChI=1S/C20H23N3O4S/c1-14-11-18(14)19-8-7-16(27-19)13-21-22-20(24)15-5-4-6-17(12-15)28(25,26)23-9-2-3-10-23/h4-8,12-14,18H,2-3,9-11H2,1H3,(H,22,24)/b21-13-/t14-,18+/m0/s1. The topological polar surface area (TPSA) is 92.0 Å². The van der Waals surface area contributed by atoms with Gasteiger partial charge in [0.2, 0.25) is 10.0 Å². The Morgan fingerprint density at radius 2 is 2.00 bits per heavy atom. The predicted octanol–water partition coefficient (Wildman–Crippen LogP) is 2.95. The van der Waals surface area contributed by atoms with Crippen molar-refractivity contribution in [3.8, 4) is 0 Å². The van der Waals surface area contributed by atoms with E-state index in [0.717, 1.165) is 25.0 Å². The molecule has 1 amide bonds. The summed E-state index contributed by atoms with van der Waals surface area (Å²) in [6.07, 6.45) is 4.31. The van der Waals surface area contributed by atoms with Crippen molar-refractivity contribution in [2.45, 2.75) is 37.0 Å². The number of sulfonamides is 1. The van der Waals surface area contributed by atoms with Crippen LogP contribution in [-0.2, 0) is 10.0 Å². The summed E-state index contributed by atoms with van der Waals surface area (Å²) in [6, 6.07) is 9.78.